The third kappa shape index (κ3) is 3.85. The Balaban J connectivity index is 1.36. The molecule has 3 heterocycles. The lowest BCUT2D eigenvalue weighted by Crippen LogP contribution is -2.46. The van der Waals surface area contributed by atoms with Crippen LogP contribution in [0.3, 0.4) is 0 Å². The molecule has 0 amide bonds. The van der Waals surface area contributed by atoms with E-state index in [0.717, 1.165) is 45.2 Å². The molecule has 0 atom stereocenters. The SMILES string of the molecule is c1ccc(Cn2cncc2CN2CCN(c3ncccn3)CC2)cc1. The summed E-state index contributed by atoms with van der Waals surface area (Å²) in [4.78, 5) is 17.8. The Kier molecular flexibility index (Phi) is 4.70. The second-order valence-corrected chi connectivity index (χ2v) is 6.31. The predicted octanol–water partition coefficient (Wildman–Crippen LogP) is 2.04. The second-order valence-electron chi connectivity index (χ2n) is 6.31. The lowest BCUT2D eigenvalue weighted by atomic mass is 10.2. The van der Waals surface area contributed by atoms with Crippen molar-refractivity contribution in [1.29, 1.82) is 0 Å². The van der Waals surface area contributed by atoms with Crippen molar-refractivity contribution in [1.82, 2.24) is 24.4 Å². The number of imidazole rings is 1. The Labute approximate surface area is 147 Å². The first-order valence-corrected chi connectivity index (χ1v) is 8.66. The summed E-state index contributed by atoms with van der Waals surface area (Å²) in [5.41, 5.74) is 2.56. The Morgan fingerprint density at radius 1 is 0.840 bits per heavy atom. The third-order valence-electron chi connectivity index (χ3n) is 4.59. The molecule has 1 saturated heterocycles. The van der Waals surface area contributed by atoms with E-state index in [-0.39, 0.29) is 0 Å². The van der Waals surface area contributed by atoms with Crippen LogP contribution in [0.4, 0.5) is 5.95 Å². The molecule has 3 aromatic rings. The molecule has 0 saturated carbocycles. The summed E-state index contributed by atoms with van der Waals surface area (Å²) in [6.45, 7) is 5.72. The maximum atomic E-state index is 4.35. The van der Waals surface area contributed by atoms with Gasteiger partial charge in [0.15, 0.2) is 0 Å². The third-order valence-corrected chi connectivity index (χ3v) is 4.59. The molecule has 6 heteroatoms. The van der Waals surface area contributed by atoms with Gasteiger partial charge in [-0.3, -0.25) is 4.90 Å². The van der Waals surface area contributed by atoms with Crippen molar-refractivity contribution in [3.8, 4) is 0 Å². The van der Waals surface area contributed by atoms with Crippen LogP contribution in [0.1, 0.15) is 11.3 Å². The van der Waals surface area contributed by atoms with E-state index in [9.17, 15) is 0 Å². The lowest BCUT2D eigenvalue weighted by molar-refractivity contribution is 0.243. The number of hydrogen-bond donors (Lipinski definition) is 0. The first kappa shape index (κ1) is 15.8. The maximum Gasteiger partial charge on any atom is 0.225 e. The first-order valence-electron chi connectivity index (χ1n) is 8.66. The number of aromatic nitrogens is 4. The van der Waals surface area contributed by atoms with E-state index in [1.54, 1.807) is 12.4 Å². The van der Waals surface area contributed by atoms with Crippen LogP contribution >= 0.6 is 0 Å². The molecule has 1 aliphatic rings. The van der Waals surface area contributed by atoms with Gasteiger partial charge in [0.25, 0.3) is 0 Å². The largest absolute Gasteiger partial charge is 0.338 e. The van der Waals surface area contributed by atoms with E-state index in [1.165, 1.54) is 11.3 Å². The lowest BCUT2D eigenvalue weighted by Gasteiger charge is -2.34. The number of nitrogens with zero attached hydrogens (tertiary/aromatic N) is 6. The number of benzene rings is 1. The average molecular weight is 334 g/mol. The molecule has 1 aliphatic heterocycles. The summed E-state index contributed by atoms with van der Waals surface area (Å²) in [5, 5.41) is 0. The number of piperazine rings is 1. The zero-order valence-electron chi connectivity index (χ0n) is 14.2. The summed E-state index contributed by atoms with van der Waals surface area (Å²) in [6.07, 6.45) is 7.51. The standard InChI is InChI=1S/C19H22N6/c1-2-5-17(6-3-1)14-25-16-20-13-18(25)15-23-9-11-24(12-10-23)19-21-7-4-8-22-19/h1-8,13,16H,9-12,14-15H2. The Morgan fingerprint density at radius 2 is 1.60 bits per heavy atom. The van der Waals surface area contributed by atoms with Crippen LogP contribution in [-0.4, -0.2) is 50.6 Å². The highest BCUT2D eigenvalue weighted by atomic mass is 15.3. The van der Waals surface area contributed by atoms with E-state index >= 15 is 0 Å². The summed E-state index contributed by atoms with van der Waals surface area (Å²) in [6, 6.07) is 12.4. The van der Waals surface area contributed by atoms with Gasteiger partial charge in [-0.25, -0.2) is 15.0 Å². The molecular formula is C19H22N6. The highest BCUT2D eigenvalue weighted by Gasteiger charge is 2.19. The fraction of sp³-hybridized carbons (Fsp3) is 0.316. The van der Waals surface area contributed by atoms with Crippen molar-refractivity contribution in [2.75, 3.05) is 31.1 Å². The molecule has 6 nitrogen and oxygen atoms in total. The molecule has 0 spiro atoms. The van der Waals surface area contributed by atoms with Crippen molar-refractivity contribution in [3.05, 3.63) is 72.6 Å². The molecule has 4 rings (SSSR count). The molecule has 25 heavy (non-hydrogen) atoms. The van der Waals surface area contributed by atoms with E-state index < -0.39 is 0 Å². The van der Waals surface area contributed by atoms with Crippen LogP contribution in [0.25, 0.3) is 0 Å². The number of hydrogen-bond acceptors (Lipinski definition) is 5. The quantitative estimate of drug-likeness (QED) is 0.715. The van der Waals surface area contributed by atoms with Crippen molar-refractivity contribution >= 4 is 5.95 Å². The molecule has 1 fully saturated rings. The fourth-order valence-corrected chi connectivity index (χ4v) is 3.19. The van der Waals surface area contributed by atoms with E-state index in [1.807, 2.05) is 24.7 Å². The molecule has 0 unspecified atom stereocenters. The van der Waals surface area contributed by atoms with Crippen LogP contribution in [0.15, 0.2) is 61.3 Å². The summed E-state index contributed by atoms with van der Waals surface area (Å²) in [5.74, 6) is 0.830. The van der Waals surface area contributed by atoms with Crippen molar-refractivity contribution in [3.63, 3.8) is 0 Å². The smallest absolute Gasteiger partial charge is 0.225 e. The van der Waals surface area contributed by atoms with Crippen molar-refractivity contribution in [2.45, 2.75) is 13.1 Å². The second kappa shape index (κ2) is 7.44. The fourth-order valence-electron chi connectivity index (χ4n) is 3.19. The zero-order chi connectivity index (χ0) is 16.9. The van der Waals surface area contributed by atoms with E-state index in [0.29, 0.717) is 0 Å². The van der Waals surface area contributed by atoms with E-state index in [4.69, 9.17) is 0 Å². The van der Waals surface area contributed by atoms with Crippen LogP contribution < -0.4 is 4.90 Å². The summed E-state index contributed by atoms with van der Waals surface area (Å²) in [7, 11) is 0. The number of anilines is 1. The Bertz CT molecular complexity index is 778. The van der Waals surface area contributed by atoms with Gasteiger partial charge in [0.2, 0.25) is 5.95 Å². The van der Waals surface area contributed by atoms with Gasteiger partial charge in [-0.15, -0.1) is 0 Å². The molecule has 0 aliphatic carbocycles. The van der Waals surface area contributed by atoms with Gasteiger partial charge in [0, 0.05) is 57.9 Å². The summed E-state index contributed by atoms with van der Waals surface area (Å²) < 4.78 is 2.24. The van der Waals surface area contributed by atoms with Crippen molar-refractivity contribution < 1.29 is 0 Å². The molecule has 0 bridgehead atoms. The van der Waals surface area contributed by atoms with Crippen LogP contribution in [0.2, 0.25) is 0 Å². The molecule has 0 N–H and O–H groups in total. The minimum atomic E-state index is 0.830. The highest BCUT2D eigenvalue weighted by Crippen LogP contribution is 2.13. The first-order chi connectivity index (χ1) is 12.4. The Morgan fingerprint density at radius 3 is 2.36 bits per heavy atom. The molecule has 1 aromatic carbocycles. The van der Waals surface area contributed by atoms with Gasteiger partial charge in [-0.05, 0) is 11.6 Å². The molecule has 0 radical (unpaired) electrons. The molecule has 2 aromatic heterocycles. The predicted molar refractivity (Wildman–Crippen MR) is 97.3 cm³/mol. The highest BCUT2D eigenvalue weighted by molar-refractivity contribution is 5.29. The monoisotopic (exact) mass is 334 g/mol. The van der Waals surface area contributed by atoms with Gasteiger partial charge in [-0.1, -0.05) is 30.3 Å². The van der Waals surface area contributed by atoms with Crippen LogP contribution in [0.5, 0.6) is 0 Å². The van der Waals surface area contributed by atoms with Gasteiger partial charge in [0.05, 0.1) is 12.0 Å². The summed E-state index contributed by atoms with van der Waals surface area (Å²) >= 11 is 0. The van der Waals surface area contributed by atoms with Gasteiger partial charge < -0.3 is 9.47 Å². The van der Waals surface area contributed by atoms with Crippen LogP contribution in [-0.2, 0) is 13.1 Å². The topological polar surface area (TPSA) is 50.1 Å². The molecular weight excluding hydrogens is 312 g/mol. The van der Waals surface area contributed by atoms with E-state index in [2.05, 4.69) is 53.6 Å². The minimum absolute atomic E-state index is 0.830. The Hall–Kier alpha value is -2.73. The van der Waals surface area contributed by atoms with Gasteiger partial charge >= 0.3 is 0 Å². The van der Waals surface area contributed by atoms with Gasteiger partial charge in [0.1, 0.15) is 0 Å². The molecule has 128 valence electrons. The minimum Gasteiger partial charge on any atom is -0.338 e. The average Bonchev–Trinajstić information content (AvgIpc) is 3.10. The normalized spacial score (nSPS) is 15.4. The maximum absolute atomic E-state index is 4.35. The van der Waals surface area contributed by atoms with Gasteiger partial charge in [-0.2, -0.15) is 0 Å². The number of rotatable bonds is 5. The zero-order valence-corrected chi connectivity index (χ0v) is 14.2. The van der Waals surface area contributed by atoms with Crippen molar-refractivity contribution in [2.24, 2.45) is 0 Å². The van der Waals surface area contributed by atoms with Crippen LogP contribution in [0, 0.1) is 0 Å².